The van der Waals surface area contributed by atoms with Gasteiger partial charge in [-0.05, 0) is 51.3 Å². The predicted octanol–water partition coefficient (Wildman–Crippen LogP) is 3.78. The Morgan fingerprint density at radius 2 is 1.84 bits per heavy atom. The van der Waals surface area contributed by atoms with Crippen LogP contribution in [0.2, 0.25) is 0 Å². The number of rotatable bonds is 3. The summed E-state index contributed by atoms with van der Waals surface area (Å²) < 4.78 is 32.4. The van der Waals surface area contributed by atoms with Gasteiger partial charge in [0.2, 0.25) is 0 Å². The van der Waals surface area contributed by atoms with Crippen molar-refractivity contribution in [2.45, 2.75) is 11.9 Å². The highest BCUT2D eigenvalue weighted by molar-refractivity contribution is 9.10. The zero-order valence-electron chi connectivity index (χ0n) is 16.8. The van der Waals surface area contributed by atoms with Gasteiger partial charge in [0.05, 0.1) is 39.0 Å². The summed E-state index contributed by atoms with van der Waals surface area (Å²) >= 11 is 3.25. The Bertz CT molecular complexity index is 1400. The van der Waals surface area contributed by atoms with Gasteiger partial charge in [0.25, 0.3) is 5.91 Å². The van der Waals surface area contributed by atoms with Gasteiger partial charge in [0.15, 0.2) is 0 Å². The number of benzene rings is 2. The van der Waals surface area contributed by atoms with E-state index in [1.165, 1.54) is 24.4 Å². The molecule has 0 spiro atoms. The molecule has 0 unspecified atom stereocenters. The first-order valence-corrected chi connectivity index (χ1v) is 10.4. The Hall–Kier alpha value is -3.00. The third kappa shape index (κ3) is 3.16. The second-order valence-electron chi connectivity index (χ2n) is 7.73. The number of aromatic nitrogens is 3. The van der Waals surface area contributed by atoms with Crippen molar-refractivity contribution >= 4 is 48.4 Å². The van der Waals surface area contributed by atoms with E-state index in [2.05, 4.69) is 26.0 Å². The van der Waals surface area contributed by atoms with E-state index >= 15 is 8.78 Å². The van der Waals surface area contributed by atoms with Gasteiger partial charge in [-0.2, -0.15) is 5.10 Å². The lowest BCUT2D eigenvalue weighted by Crippen LogP contribution is -2.45. The Labute approximate surface area is 193 Å². The molecule has 0 saturated heterocycles. The molecular weight excluding hydrogens is 476 g/mol. The molecule has 0 atom stereocenters. The minimum absolute atomic E-state index is 0.145. The van der Waals surface area contributed by atoms with Crippen LogP contribution in [0.15, 0.2) is 53.3 Å². The maximum atomic E-state index is 15.1. The summed E-state index contributed by atoms with van der Waals surface area (Å²) in [6.07, 6.45) is 3.25. The second kappa shape index (κ2) is 7.27. The number of aryl methyl sites for hydroxylation is 1. The Balaban J connectivity index is 1.54. The monoisotopic (exact) mass is 488 g/mol. The third-order valence-corrected chi connectivity index (χ3v) is 6.02. The van der Waals surface area contributed by atoms with E-state index in [0.717, 1.165) is 10.3 Å². The molecule has 32 heavy (non-hydrogen) atoms. The van der Waals surface area contributed by atoms with Gasteiger partial charge in [0, 0.05) is 40.2 Å². The van der Waals surface area contributed by atoms with E-state index in [0.29, 0.717) is 21.1 Å². The number of carbonyl (C=O) groups excluding carboxylic acids is 1. The predicted molar refractivity (Wildman–Crippen MR) is 121 cm³/mol. The van der Waals surface area contributed by atoms with E-state index in [9.17, 15) is 4.79 Å². The minimum atomic E-state index is -1.80. The number of pyridine rings is 1. The molecule has 0 fully saturated rings. The lowest BCUT2D eigenvalue weighted by molar-refractivity contribution is 0.0727. The maximum Gasteiger partial charge on any atom is 0.255 e. The number of halogens is 3. The highest BCUT2D eigenvalue weighted by atomic mass is 79.9. The first-order chi connectivity index (χ1) is 15.2. The quantitative estimate of drug-likeness (QED) is 0.412. The summed E-state index contributed by atoms with van der Waals surface area (Å²) in [5.74, 6) is -2.18. The van der Waals surface area contributed by atoms with Crippen LogP contribution in [-0.4, -0.2) is 41.3 Å². The van der Waals surface area contributed by atoms with Gasteiger partial charge in [0.1, 0.15) is 11.6 Å². The average Bonchev–Trinajstić information content (AvgIpc) is 3.19. The number of hydrogen-bond acceptors (Lipinski definition) is 3. The topological polar surface area (TPSA) is 51.0 Å². The number of fused-ring (bicyclic) bond motifs is 2. The van der Waals surface area contributed by atoms with E-state index in [-0.39, 0.29) is 16.8 Å². The van der Waals surface area contributed by atoms with Gasteiger partial charge in [-0.1, -0.05) is 12.1 Å². The normalized spacial score (nSPS) is 14.9. The molecule has 2 aromatic carbocycles. The van der Waals surface area contributed by atoms with Crippen molar-refractivity contribution in [1.29, 1.82) is 0 Å². The van der Waals surface area contributed by atoms with Crippen molar-refractivity contribution < 1.29 is 13.6 Å². The number of nitrogens with zero attached hydrogens (tertiary/aromatic N) is 4. The fourth-order valence-corrected chi connectivity index (χ4v) is 4.38. The summed E-state index contributed by atoms with van der Waals surface area (Å²) in [6.45, 7) is -0.450. The minimum Gasteiger partial charge on any atom is -0.340 e. The Morgan fingerprint density at radius 1 is 1.12 bits per heavy atom. The first-order valence-electron chi connectivity index (χ1n) is 9.63. The molecule has 0 saturated carbocycles. The van der Waals surface area contributed by atoms with Crippen LogP contribution in [0.5, 0.6) is 0 Å². The molecular formula is C22H13B2BrF2N4O. The Kier molecular flexibility index (Phi) is 4.74. The average molecular weight is 489 g/mol. The van der Waals surface area contributed by atoms with E-state index in [1.54, 1.807) is 30.1 Å². The zero-order valence-corrected chi connectivity index (χ0v) is 18.4. The SMILES string of the molecule is [B]C1([B])c2ncc(Br)cc2C(=O)N1Cc1c(F)cc(-c2cccc3nn(C)cc23)cc1F. The molecule has 4 aromatic rings. The largest absolute Gasteiger partial charge is 0.340 e. The fraction of sp³-hybridized carbons (Fsp3) is 0.136. The van der Waals surface area contributed by atoms with Crippen LogP contribution in [-0.2, 0) is 18.9 Å². The van der Waals surface area contributed by atoms with Crippen molar-refractivity contribution in [1.82, 2.24) is 19.7 Å². The second-order valence-corrected chi connectivity index (χ2v) is 8.64. The van der Waals surface area contributed by atoms with Crippen LogP contribution in [0, 0.1) is 11.6 Å². The van der Waals surface area contributed by atoms with Crippen molar-refractivity contribution in [2.75, 3.05) is 0 Å². The van der Waals surface area contributed by atoms with Crippen LogP contribution in [0.3, 0.4) is 0 Å². The molecule has 154 valence electrons. The van der Waals surface area contributed by atoms with Crippen LogP contribution in [0.1, 0.15) is 21.6 Å². The van der Waals surface area contributed by atoms with Gasteiger partial charge in [-0.25, -0.2) is 8.78 Å². The first kappa shape index (κ1) is 20.9. The van der Waals surface area contributed by atoms with Gasteiger partial charge >= 0.3 is 0 Å². The Morgan fingerprint density at radius 3 is 2.56 bits per heavy atom. The summed E-state index contributed by atoms with van der Waals surface area (Å²) in [6, 6.07) is 9.37. The van der Waals surface area contributed by atoms with Gasteiger partial charge in [-0.3, -0.25) is 14.5 Å². The molecule has 3 heterocycles. The standard InChI is InChI=1S/C22H13B2BrF2N4O/c1-30-9-15-13(3-2-4-19(15)29-30)11-5-17(26)16(18(27)6-11)10-31-21(32)14-7-12(25)8-28-20(14)22(31,23)24/h2-9H,10H2,1H3. The van der Waals surface area contributed by atoms with E-state index < -0.39 is 29.4 Å². The van der Waals surface area contributed by atoms with Crippen LogP contribution in [0.25, 0.3) is 22.0 Å². The molecule has 4 radical (unpaired) electrons. The molecule has 5 rings (SSSR count). The maximum absolute atomic E-state index is 15.1. The molecule has 1 amide bonds. The summed E-state index contributed by atoms with van der Waals surface area (Å²) in [5, 5.41) is 3.30. The summed E-state index contributed by atoms with van der Waals surface area (Å²) in [5.41, 5.74) is 1.73. The lowest BCUT2D eigenvalue weighted by atomic mass is 9.59. The van der Waals surface area contributed by atoms with Crippen molar-refractivity contribution in [3.63, 3.8) is 0 Å². The molecule has 0 aliphatic carbocycles. The highest BCUT2D eigenvalue weighted by Gasteiger charge is 2.43. The van der Waals surface area contributed by atoms with E-state index in [4.69, 9.17) is 15.7 Å². The van der Waals surface area contributed by atoms with Crippen LogP contribution in [0.4, 0.5) is 8.78 Å². The molecule has 10 heteroatoms. The zero-order chi connectivity index (χ0) is 22.8. The highest BCUT2D eigenvalue weighted by Crippen LogP contribution is 2.37. The van der Waals surface area contributed by atoms with Crippen LogP contribution < -0.4 is 0 Å². The van der Waals surface area contributed by atoms with Crippen LogP contribution >= 0.6 is 15.9 Å². The van der Waals surface area contributed by atoms with Crippen molar-refractivity contribution in [2.24, 2.45) is 7.05 Å². The molecule has 0 bridgehead atoms. The summed E-state index contributed by atoms with van der Waals surface area (Å²) in [7, 11) is 14.1. The molecule has 2 aromatic heterocycles. The summed E-state index contributed by atoms with van der Waals surface area (Å²) in [4.78, 5) is 18.0. The van der Waals surface area contributed by atoms with Gasteiger partial charge < -0.3 is 4.90 Å². The van der Waals surface area contributed by atoms with Crippen molar-refractivity contribution in [3.05, 3.63) is 81.7 Å². The number of carbonyl (C=O) groups is 1. The molecule has 0 N–H and O–H groups in total. The molecule has 1 aliphatic rings. The molecule has 1 aliphatic heterocycles. The number of amides is 1. The molecule has 5 nitrogen and oxygen atoms in total. The lowest BCUT2D eigenvalue weighted by Gasteiger charge is -2.33. The van der Waals surface area contributed by atoms with E-state index in [1.807, 2.05) is 6.07 Å². The number of hydrogen-bond donors (Lipinski definition) is 0. The smallest absolute Gasteiger partial charge is 0.255 e. The van der Waals surface area contributed by atoms with Gasteiger partial charge in [-0.15, -0.1) is 0 Å². The fourth-order valence-electron chi connectivity index (χ4n) is 4.05. The third-order valence-electron chi connectivity index (χ3n) is 5.59. The van der Waals surface area contributed by atoms with Crippen molar-refractivity contribution in [3.8, 4) is 11.1 Å².